The summed E-state index contributed by atoms with van der Waals surface area (Å²) in [6.07, 6.45) is 0. The molecule has 110 valence electrons. The van der Waals surface area contributed by atoms with Crippen molar-refractivity contribution in [2.45, 2.75) is 12.2 Å². The first-order chi connectivity index (χ1) is 9.47. The van der Waals surface area contributed by atoms with Crippen LogP contribution in [-0.4, -0.2) is 55.4 Å². The van der Waals surface area contributed by atoms with E-state index in [-0.39, 0.29) is 11.2 Å². The molecule has 20 heavy (non-hydrogen) atoms. The standard InChI is InChI=1S/C15H23N2O2S/c1-6-19-14(18)13(12-10-8-7-9-11-12)20-15(16(2)3)17(4)5/h7-11,13H,6H2,1-5H3/q+1. The molecular formula is C15H23N2O2S+. The highest BCUT2D eigenvalue weighted by atomic mass is 32.2. The fraction of sp³-hybridized carbons (Fsp3) is 0.467. The predicted molar refractivity (Wildman–Crippen MR) is 84.2 cm³/mol. The molecule has 0 saturated carbocycles. The topological polar surface area (TPSA) is 32.5 Å². The van der Waals surface area contributed by atoms with Crippen LogP contribution < -0.4 is 0 Å². The van der Waals surface area contributed by atoms with Crippen LogP contribution in [0, 0.1) is 0 Å². The third kappa shape index (κ3) is 4.56. The number of nitrogens with zero attached hydrogens (tertiary/aromatic N) is 2. The molecule has 0 saturated heterocycles. The lowest BCUT2D eigenvalue weighted by atomic mass is 10.1. The smallest absolute Gasteiger partial charge is 0.324 e. The molecule has 0 aliphatic rings. The lowest BCUT2D eigenvalue weighted by Crippen LogP contribution is -2.29. The summed E-state index contributed by atoms with van der Waals surface area (Å²) in [5.41, 5.74) is 0.956. The van der Waals surface area contributed by atoms with Crippen LogP contribution in [-0.2, 0) is 9.53 Å². The van der Waals surface area contributed by atoms with E-state index in [1.807, 2.05) is 74.9 Å². The molecule has 0 aliphatic heterocycles. The highest BCUT2D eigenvalue weighted by molar-refractivity contribution is 8.14. The van der Waals surface area contributed by atoms with E-state index in [0.717, 1.165) is 10.7 Å². The molecule has 0 amide bonds. The van der Waals surface area contributed by atoms with E-state index in [1.165, 1.54) is 11.8 Å². The second-order valence-corrected chi connectivity index (χ2v) is 5.80. The second kappa shape index (κ2) is 7.94. The molecule has 0 fully saturated rings. The van der Waals surface area contributed by atoms with E-state index >= 15 is 0 Å². The molecule has 1 rings (SSSR count). The second-order valence-electron chi connectivity index (χ2n) is 4.73. The zero-order chi connectivity index (χ0) is 15.1. The van der Waals surface area contributed by atoms with Crippen molar-refractivity contribution in [1.29, 1.82) is 0 Å². The summed E-state index contributed by atoms with van der Waals surface area (Å²) < 4.78 is 7.21. The number of ether oxygens (including phenoxy) is 1. The van der Waals surface area contributed by atoms with Crippen molar-refractivity contribution in [2.24, 2.45) is 0 Å². The summed E-state index contributed by atoms with van der Waals surface area (Å²) in [6, 6.07) is 9.73. The van der Waals surface area contributed by atoms with Crippen molar-refractivity contribution in [1.82, 2.24) is 4.90 Å². The number of hydrogen-bond donors (Lipinski definition) is 0. The number of carbonyl (C=O) groups excluding carboxylic acids is 1. The number of carbonyl (C=O) groups is 1. The van der Waals surface area contributed by atoms with Crippen molar-refractivity contribution in [2.75, 3.05) is 34.8 Å². The maximum Gasteiger partial charge on any atom is 0.324 e. The van der Waals surface area contributed by atoms with Crippen molar-refractivity contribution < 1.29 is 14.1 Å². The van der Waals surface area contributed by atoms with Crippen LogP contribution in [0.15, 0.2) is 30.3 Å². The highest BCUT2D eigenvalue weighted by Crippen LogP contribution is 2.31. The summed E-state index contributed by atoms with van der Waals surface area (Å²) in [4.78, 5) is 14.2. The lowest BCUT2D eigenvalue weighted by molar-refractivity contribution is -0.466. The van der Waals surface area contributed by atoms with E-state index in [2.05, 4.69) is 0 Å². The third-order valence-electron chi connectivity index (χ3n) is 2.59. The zero-order valence-corrected chi connectivity index (χ0v) is 13.6. The van der Waals surface area contributed by atoms with Gasteiger partial charge in [-0.3, -0.25) is 14.3 Å². The highest BCUT2D eigenvalue weighted by Gasteiger charge is 2.29. The molecule has 1 aromatic carbocycles. The molecule has 1 unspecified atom stereocenters. The first-order valence-electron chi connectivity index (χ1n) is 6.57. The average Bonchev–Trinajstić information content (AvgIpc) is 2.39. The van der Waals surface area contributed by atoms with Gasteiger partial charge in [0.15, 0.2) is 0 Å². The van der Waals surface area contributed by atoms with Gasteiger partial charge in [0, 0.05) is 0 Å². The molecule has 0 heterocycles. The Labute approximate surface area is 125 Å². The van der Waals surface area contributed by atoms with E-state index in [9.17, 15) is 4.79 Å². The fourth-order valence-electron chi connectivity index (χ4n) is 1.81. The molecule has 1 aromatic rings. The molecule has 5 heteroatoms. The van der Waals surface area contributed by atoms with Crippen LogP contribution in [0.2, 0.25) is 0 Å². The largest absolute Gasteiger partial charge is 0.465 e. The molecule has 0 aromatic heterocycles. The molecular weight excluding hydrogens is 272 g/mol. The minimum atomic E-state index is -0.351. The van der Waals surface area contributed by atoms with Crippen molar-refractivity contribution >= 4 is 22.9 Å². The van der Waals surface area contributed by atoms with Crippen LogP contribution in [0.3, 0.4) is 0 Å². The Morgan fingerprint density at radius 1 is 1.30 bits per heavy atom. The third-order valence-corrected chi connectivity index (χ3v) is 4.23. The summed E-state index contributed by atoms with van der Waals surface area (Å²) in [6.45, 7) is 2.22. The molecule has 0 bridgehead atoms. The summed E-state index contributed by atoms with van der Waals surface area (Å²) in [5, 5.41) is 0.655. The van der Waals surface area contributed by atoms with Gasteiger partial charge in [-0.2, -0.15) is 0 Å². The minimum Gasteiger partial charge on any atom is -0.465 e. The van der Waals surface area contributed by atoms with Gasteiger partial charge in [-0.05, 0) is 24.2 Å². The Morgan fingerprint density at radius 3 is 2.35 bits per heavy atom. The van der Waals surface area contributed by atoms with Gasteiger partial charge in [0.1, 0.15) is 5.25 Å². The van der Waals surface area contributed by atoms with Gasteiger partial charge in [-0.25, -0.2) is 0 Å². The first-order valence-corrected chi connectivity index (χ1v) is 7.45. The monoisotopic (exact) mass is 295 g/mol. The molecule has 4 nitrogen and oxygen atoms in total. The Balaban J connectivity index is 3.06. The van der Waals surface area contributed by atoms with Gasteiger partial charge in [0.05, 0.1) is 34.8 Å². The maximum atomic E-state index is 12.2. The van der Waals surface area contributed by atoms with Crippen molar-refractivity contribution in [3.63, 3.8) is 0 Å². The molecule has 0 aliphatic carbocycles. The summed E-state index contributed by atoms with van der Waals surface area (Å²) in [5.74, 6) is -0.204. The van der Waals surface area contributed by atoms with Gasteiger partial charge in [0.25, 0.3) is 0 Å². The fourth-order valence-corrected chi connectivity index (χ4v) is 2.90. The molecule has 0 spiro atoms. The van der Waals surface area contributed by atoms with Crippen LogP contribution in [0.5, 0.6) is 0 Å². The SMILES string of the molecule is CCOC(=O)C(SC(N(C)C)=[N+](C)C)c1ccccc1. The number of esters is 1. The van der Waals surface area contributed by atoms with E-state index in [1.54, 1.807) is 0 Å². The normalized spacial score (nSPS) is 11.7. The lowest BCUT2D eigenvalue weighted by Gasteiger charge is -2.17. The van der Waals surface area contributed by atoms with Crippen LogP contribution >= 0.6 is 11.8 Å². The molecule has 1 atom stereocenters. The molecule has 0 N–H and O–H groups in total. The first kappa shape index (κ1) is 16.6. The Morgan fingerprint density at radius 2 is 1.90 bits per heavy atom. The molecule has 0 radical (unpaired) electrons. The van der Waals surface area contributed by atoms with Crippen molar-refractivity contribution in [3.05, 3.63) is 35.9 Å². The van der Waals surface area contributed by atoms with E-state index < -0.39 is 0 Å². The van der Waals surface area contributed by atoms with E-state index in [0.29, 0.717) is 6.61 Å². The Bertz CT molecular complexity index is 468. The van der Waals surface area contributed by atoms with Gasteiger partial charge in [0.2, 0.25) is 0 Å². The number of amidine groups is 1. The predicted octanol–water partition coefficient (Wildman–Crippen LogP) is 2.21. The van der Waals surface area contributed by atoms with Gasteiger partial charge >= 0.3 is 11.1 Å². The minimum absolute atomic E-state index is 0.204. The van der Waals surface area contributed by atoms with Crippen LogP contribution in [0.4, 0.5) is 0 Å². The maximum absolute atomic E-state index is 12.2. The zero-order valence-electron chi connectivity index (χ0n) is 12.8. The Kier molecular flexibility index (Phi) is 6.58. The summed E-state index contributed by atoms with van der Waals surface area (Å²) in [7, 11) is 7.87. The number of hydrogen-bond acceptors (Lipinski definition) is 3. The number of thioether (sulfide) groups is 1. The van der Waals surface area contributed by atoms with Gasteiger partial charge in [-0.1, -0.05) is 30.3 Å². The number of benzene rings is 1. The average molecular weight is 295 g/mol. The van der Waals surface area contributed by atoms with Crippen molar-refractivity contribution in [3.8, 4) is 0 Å². The van der Waals surface area contributed by atoms with E-state index in [4.69, 9.17) is 4.74 Å². The van der Waals surface area contributed by atoms with Crippen LogP contribution in [0.25, 0.3) is 0 Å². The quantitative estimate of drug-likeness (QED) is 0.369. The van der Waals surface area contributed by atoms with Gasteiger partial charge < -0.3 is 4.74 Å². The Hall–Kier alpha value is -1.49. The summed E-state index contributed by atoms with van der Waals surface area (Å²) >= 11 is 1.50. The number of rotatable bonds is 4. The van der Waals surface area contributed by atoms with Gasteiger partial charge in [-0.15, -0.1) is 0 Å². The van der Waals surface area contributed by atoms with Crippen LogP contribution in [0.1, 0.15) is 17.7 Å².